The van der Waals surface area contributed by atoms with Crippen LogP contribution in [-0.4, -0.2) is 35.1 Å². The summed E-state index contributed by atoms with van der Waals surface area (Å²) in [6.07, 6.45) is 1.38. The fraction of sp³-hybridized carbons (Fsp3) is 0.222. The molecule has 0 atom stereocenters. The van der Waals surface area contributed by atoms with Gasteiger partial charge in [-0.25, -0.2) is 0 Å². The molecule has 0 saturated heterocycles. The van der Waals surface area contributed by atoms with Crippen LogP contribution >= 0.6 is 0 Å². The Kier molecular flexibility index (Phi) is 4.83. The van der Waals surface area contributed by atoms with Gasteiger partial charge < -0.3 is 4.42 Å². The van der Waals surface area contributed by atoms with Crippen LogP contribution in [0.25, 0.3) is 0 Å². The van der Waals surface area contributed by atoms with Crippen molar-refractivity contribution in [2.24, 2.45) is 0 Å². The van der Waals surface area contributed by atoms with Gasteiger partial charge in [-0.3, -0.25) is 34.9 Å². The van der Waals surface area contributed by atoms with Crippen molar-refractivity contribution in [3.05, 3.63) is 59.0 Å². The van der Waals surface area contributed by atoms with Crippen molar-refractivity contribution in [3.8, 4) is 0 Å². The third-order valence-corrected chi connectivity index (χ3v) is 4.12. The van der Waals surface area contributed by atoms with Gasteiger partial charge in [0, 0.05) is 18.5 Å². The molecular weight excluding hydrogens is 338 g/mol. The van der Waals surface area contributed by atoms with E-state index < -0.39 is 17.7 Å². The Morgan fingerprint density at radius 2 is 1.92 bits per heavy atom. The maximum atomic E-state index is 12.4. The van der Waals surface area contributed by atoms with Crippen LogP contribution in [0.5, 0.6) is 0 Å². The van der Waals surface area contributed by atoms with Gasteiger partial charge in [-0.05, 0) is 24.6 Å². The van der Waals surface area contributed by atoms with Crippen molar-refractivity contribution >= 4 is 23.6 Å². The van der Waals surface area contributed by atoms with Crippen LogP contribution in [0.3, 0.4) is 0 Å². The fourth-order valence-electron chi connectivity index (χ4n) is 2.72. The molecule has 0 saturated carbocycles. The number of carbonyl (C=O) groups is 4. The van der Waals surface area contributed by atoms with Crippen LogP contribution in [0.15, 0.2) is 41.0 Å². The van der Waals surface area contributed by atoms with Crippen molar-refractivity contribution in [1.29, 1.82) is 0 Å². The Morgan fingerprint density at radius 1 is 1.15 bits per heavy atom. The topological polar surface area (TPSA) is 109 Å². The van der Waals surface area contributed by atoms with Gasteiger partial charge in [0.05, 0.1) is 18.2 Å². The largest absolute Gasteiger partial charge is 0.469 e. The molecule has 3 rings (SSSR count). The number of nitrogens with zero attached hydrogens (tertiary/aromatic N) is 1. The minimum atomic E-state index is -0.515. The Bertz CT molecular complexity index is 886. The first-order valence-electron chi connectivity index (χ1n) is 8.03. The van der Waals surface area contributed by atoms with E-state index in [9.17, 15) is 19.2 Å². The van der Waals surface area contributed by atoms with Crippen LogP contribution in [0, 0.1) is 6.92 Å². The Hall–Kier alpha value is -3.42. The zero-order chi connectivity index (χ0) is 18.7. The lowest BCUT2D eigenvalue weighted by molar-refractivity contribution is -0.129. The summed E-state index contributed by atoms with van der Waals surface area (Å²) in [6.45, 7) is 1.57. The minimum Gasteiger partial charge on any atom is -0.469 e. The molecule has 0 fully saturated rings. The molecule has 0 aliphatic carbocycles. The highest BCUT2D eigenvalue weighted by atomic mass is 16.3. The summed E-state index contributed by atoms with van der Waals surface area (Å²) in [6, 6.07) is 8.38. The zero-order valence-corrected chi connectivity index (χ0v) is 14.1. The van der Waals surface area contributed by atoms with Crippen LogP contribution in [-0.2, 0) is 16.0 Å². The number of furan rings is 1. The number of carbonyl (C=O) groups excluding carboxylic acids is 4. The van der Waals surface area contributed by atoms with Gasteiger partial charge in [-0.2, -0.15) is 0 Å². The number of hydrogen-bond acceptors (Lipinski definition) is 5. The zero-order valence-electron chi connectivity index (χ0n) is 14.1. The lowest BCUT2D eigenvalue weighted by Crippen LogP contribution is -2.46. The van der Waals surface area contributed by atoms with Crippen molar-refractivity contribution in [2.45, 2.75) is 19.8 Å². The molecule has 4 amide bonds. The first-order valence-corrected chi connectivity index (χ1v) is 8.03. The molecule has 2 N–H and O–H groups in total. The molecule has 1 aliphatic heterocycles. The molecule has 8 nitrogen and oxygen atoms in total. The predicted molar refractivity (Wildman–Crippen MR) is 89.9 cm³/mol. The van der Waals surface area contributed by atoms with Gasteiger partial charge in [-0.1, -0.05) is 18.2 Å². The highest BCUT2D eigenvalue weighted by molar-refractivity contribution is 6.09. The van der Waals surface area contributed by atoms with Crippen molar-refractivity contribution < 1.29 is 23.6 Å². The number of imide groups is 1. The minimum absolute atomic E-state index is 0.0571. The molecule has 2 heterocycles. The highest BCUT2D eigenvalue weighted by Gasteiger charge is 2.30. The summed E-state index contributed by atoms with van der Waals surface area (Å²) in [5, 5.41) is 0. The van der Waals surface area contributed by atoms with E-state index in [1.807, 2.05) is 0 Å². The SMILES string of the molecule is Cc1occc1C(=O)NNC(=O)CCN1C(=O)Cc2ccccc2C1=O. The molecule has 2 aromatic rings. The maximum Gasteiger partial charge on any atom is 0.273 e. The molecule has 1 aromatic carbocycles. The summed E-state index contributed by atoms with van der Waals surface area (Å²) in [5.41, 5.74) is 5.98. The lowest BCUT2D eigenvalue weighted by atomic mass is 9.98. The lowest BCUT2D eigenvalue weighted by Gasteiger charge is -2.26. The number of amides is 4. The van der Waals surface area contributed by atoms with Crippen molar-refractivity contribution in [2.75, 3.05) is 6.54 Å². The summed E-state index contributed by atoms with van der Waals surface area (Å²) >= 11 is 0. The highest BCUT2D eigenvalue weighted by Crippen LogP contribution is 2.19. The van der Waals surface area contributed by atoms with Gasteiger partial charge in [-0.15, -0.1) is 0 Å². The number of benzene rings is 1. The summed E-state index contributed by atoms with van der Waals surface area (Å²) in [7, 11) is 0. The van der Waals surface area contributed by atoms with Gasteiger partial charge >= 0.3 is 0 Å². The van der Waals surface area contributed by atoms with Gasteiger partial charge in [0.25, 0.3) is 11.8 Å². The Balaban J connectivity index is 1.53. The molecular formula is C18H17N3O5. The van der Waals surface area contributed by atoms with E-state index in [1.54, 1.807) is 31.2 Å². The molecule has 0 unspecified atom stereocenters. The van der Waals surface area contributed by atoms with Gasteiger partial charge in [0.1, 0.15) is 5.76 Å². The third-order valence-electron chi connectivity index (χ3n) is 4.12. The molecule has 26 heavy (non-hydrogen) atoms. The van der Waals surface area contributed by atoms with E-state index in [0.29, 0.717) is 22.5 Å². The summed E-state index contributed by atoms with van der Waals surface area (Å²) in [5.74, 6) is -1.36. The van der Waals surface area contributed by atoms with Crippen molar-refractivity contribution in [3.63, 3.8) is 0 Å². The van der Waals surface area contributed by atoms with E-state index in [-0.39, 0.29) is 25.3 Å². The molecule has 0 spiro atoms. The van der Waals surface area contributed by atoms with Gasteiger partial charge in [0.15, 0.2) is 0 Å². The number of fused-ring (bicyclic) bond motifs is 1. The molecule has 0 radical (unpaired) electrons. The number of nitrogens with one attached hydrogen (secondary N) is 2. The smallest absolute Gasteiger partial charge is 0.273 e. The standard InChI is InChI=1S/C18H17N3O5/c1-11-13(7-9-26-11)17(24)20-19-15(22)6-8-21-16(23)10-12-4-2-3-5-14(12)18(21)25/h2-5,7,9H,6,8,10H2,1H3,(H,19,22)(H,20,24). The summed E-state index contributed by atoms with van der Waals surface area (Å²) < 4.78 is 5.02. The molecule has 8 heteroatoms. The fourth-order valence-corrected chi connectivity index (χ4v) is 2.72. The average Bonchev–Trinajstić information content (AvgIpc) is 3.05. The Labute approximate surface area is 149 Å². The van der Waals surface area contributed by atoms with Crippen LogP contribution in [0.4, 0.5) is 0 Å². The first kappa shape index (κ1) is 17.4. The average molecular weight is 355 g/mol. The van der Waals surface area contributed by atoms with Crippen molar-refractivity contribution in [1.82, 2.24) is 15.8 Å². The molecule has 1 aliphatic rings. The quantitative estimate of drug-likeness (QED) is 0.627. The second-order valence-electron chi connectivity index (χ2n) is 5.83. The second kappa shape index (κ2) is 7.22. The maximum absolute atomic E-state index is 12.4. The first-order chi connectivity index (χ1) is 12.5. The van der Waals surface area contributed by atoms with E-state index in [4.69, 9.17) is 4.42 Å². The van der Waals surface area contributed by atoms with E-state index >= 15 is 0 Å². The molecule has 134 valence electrons. The van der Waals surface area contributed by atoms with E-state index in [1.165, 1.54) is 12.3 Å². The number of rotatable bonds is 4. The number of hydrazine groups is 1. The summed E-state index contributed by atoms with van der Waals surface area (Å²) in [4.78, 5) is 49.4. The number of aryl methyl sites for hydroxylation is 1. The van der Waals surface area contributed by atoms with Crippen LogP contribution in [0.1, 0.15) is 38.5 Å². The normalized spacial score (nSPS) is 13.3. The van der Waals surface area contributed by atoms with E-state index in [0.717, 1.165) is 4.90 Å². The second-order valence-corrected chi connectivity index (χ2v) is 5.83. The van der Waals surface area contributed by atoms with Crippen LogP contribution < -0.4 is 10.9 Å². The third kappa shape index (κ3) is 3.49. The number of hydrogen-bond donors (Lipinski definition) is 2. The molecule has 1 aromatic heterocycles. The monoisotopic (exact) mass is 355 g/mol. The van der Waals surface area contributed by atoms with Gasteiger partial charge in [0.2, 0.25) is 11.8 Å². The van der Waals surface area contributed by atoms with E-state index in [2.05, 4.69) is 10.9 Å². The Morgan fingerprint density at radius 3 is 2.65 bits per heavy atom. The van der Waals surface area contributed by atoms with Crippen LogP contribution in [0.2, 0.25) is 0 Å². The molecule has 0 bridgehead atoms. The predicted octanol–water partition coefficient (Wildman–Crippen LogP) is 0.964.